The minimum Gasteiger partial charge on any atom is -0.357 e. The van der Waals surface area contributed by atoms with Gasteiger partial charge in [0.2, 0.25) is 0 Å². The van der Waals surface area contributed by atoms with E-state index >= 15 is 0 Å². The molecule has 1 fully saturated rings. The zero-order valence-corrected chi connectivity index (χ0v) is 11.5. The molecule has 0 radical (unpaired) electrons. The molecule has 1 saturated heterocycles. The van der Waals surface area contributed by atoms with Crippen molar-refractivity contribution in [2.45, 2.75) is 46.5 Å². The normalized spacial score (nSPS) is 17.8. The molecular formula is C15H24N2. The number of hydrogen-bond acceptors (Lipinski definition) is 2. The zero-order valence-electron chi connectivity index (χ0n) is 11.5. The summed E-state index contributed by atoms with van der Waals surface area (Å²) in [5, 5.41) is 0. The monoisotopic (exact) mass is 232 g/mol. The number of pyridine rings is 1. The fraction of sp³-hybridized carbons (Fsp3) is 0.667. The van der Waals surface area contributed by atoms with E-state index in [-0.39, 0.29) is 0 Å². The van der Waals surface area contributed by atoms with Crippen molar-refractivity contribution in [2.75, 3.05) is 18.0 Å². The van der Waals surface area contributed by atoms with E-state index in [4.69, 9.17) is 0 Å². The van der Waals surface area contributed by atoms with Gasteiger partial charge >= 0.3 is 0 Å². The Morgan fingerprint density at radius 1 is 1.29 bits per heavy atom. The van der Waals surface area contributed by atoms with E-state index in [1.54, 1.807) is 0 Å². The largest absolute Gasteiger partial charge is 0.357 e. The van der Waals surface area contributed by atoms with Crippen LogP contribution in [0, 0.1) is 12.8 Å². The first-order valence-corrected chi connectivity index (χ1v) is 6.79. The van der Waals surface area contributed by atoms with Crippen LogP contribution in [-0.2, 0) is 0 Å². The highest BCUT2D eigenvalue weighted by Gasteiger charge is 2.17. The maximum Gasteiger partial charge on any atom is 0.128 e. The summed E-state index contributed by atoms with van der Waals surface area (Å²) in [5.74, 6) is 2.61. The van der Waals surface area contributed by atoms with Crippen LogP contribution in [0.4, 0.5) is 5.82 Å². The van der Waals surface area contributed by atoms with Gasteiger partial charge in [0.15, 0.2) is 0 Å². The minimum atomic E-state index is 0.568. The average Bonchev–Trinajstić information content (AvgIpc) is 2.29. The lowest BCUT2D eigenvalue weighted by molar-refractivity contribution is 0.436. The molecule has 94 valence electrons. The molecule has 1 aliphatic rings. The number of nitrogens with zero attached hydrogens (tertiary/aromatic N) is 2. The SMILES string of the molecule is Cc1cc(N2CCC(C)CC2)ncc1C(C)C. The van der Waals surface area contributed by atoms with Crippen LogP contribution in [0.5, 0.6) is 0 Å². The first kappa shape index (κ1) is 12.4. The molecule has 0 bridgehead atoms. The summed E-state index contributed by atoms with van der Waals surface area (Å²) in [6.45, 7) is 11.3. The summed E-state index contributed by atoms with van der Waals surface area (Å²) in [6, 6.07) is 2.26. The van der Waals surface area contributed by atoms with Crippen LogP contribution in [0.2, 0.25) is 0 Å². The van der Waals surface area contributed by atoms with Gasteiger partial charge in [-0.05, 0) is 48.8 Å². The summed E-state index contributed by atoms with van der Waals surface area (Å²) >= 11 is 0. The summed E-state index contributed by atoms with van der Waals surface area (Å²) < 4.78 is 0. The first-order chi connectivity index (χ1) is 8.08. The van der Waals surface area contributed by atoms with Crippen molar-refractivity contribution >= 4 is 5.82 Å². The quantitative estimate of drug-likeness (QED) is 0.772. The summed E-state index contributed by atoms with van der Waals surface area (Å²) in [5.41, 5.74) is 2.75. The highest BCUT2D eigenvalue weighted by molar-refractivity contribution is 5.44. The van der Waals surface area contributed by atoms with Crippen LogP contribution in [0.15, 0.2) is 12.3 Å². The standard InChI is InChI=1S/C15H24N2/c1-11(2)14-10-16-15(9-13(14)4)17-7-5-12(3)6-8-17/h9-12H,5-8H2,1-4H3. The second-order valence-electron chi connectivity index (χ2n) is 5.72. The number of aromatic nitrogens is 1. The smallest absolute Gasteiger partial charge is 0.128 e. The molecule has 2 heteroatoms. The van der Waals surface area contributed by atoms with Crippen LogP contribution in [0.3, 0.4) is 0 Å². The van der Waals surface area contributed by atoms with Crippen molar-refractivity contribution < 1.29 is 0 Å². The van der Waals surface area contributed by atoms with Crippen LogP contribution < -0.4 is 4.90 Å². The Bertz CT molecular complexity index is 377. The molecule has 0 amide bonds. The second kappa shape index (κ2) is 5.07. The fourth-order valence-electron chi connectivity index (χ4n) is 2.57. The molecule has 0 saturated carbocycles. The Balaban J connectivity index is 2.14. The summed E-state index contributed by atoms with van der Waals surface area (Å²) in [7, 11) is 0. The van der Waals surface area contributed by atoms with Gasteiger partial charge in [0.05, 0.1) is 0 Å². The summed E-state index contributed by atoms with van der Waals surface area (Å²) in [6.07, 6.45) is 4.66. The minimum absolute atomic E-state index is 0.568. The van der Waals surface area contributed by atoms with Gasteiger partial charge in [-0.25, -0.2) is 4.98 Å². The zero-order chi connectivity index (χ0) is 12.4. The maximum absolute atomic E-state index is 4.64. The molecule has 1 aromatic rings. The molecule has 0 N–H and O–H groups in total. The van der Waals surface area contributed by atoms with Crippen LogP contribution in [0.25, 0.3) is 0 Å². The molecule has 0 unspecified atom stereocenters. The lowest BCUT2D eigenvalue weighted by Crippen LogP contribution is -2.33. The Morgan fingerprint density at radius 2 is 1.94 bits per heavy atom. The van der Waals surface area contributed by atoms with E-state index in [1.165, 1.54) is 29.8 Å². The predicted molar refractivity (Wildman–Crippen MR) is 73.7 cm³/mol. The van der Waals surface area contributed by atoms with Gasteiger partial charge in [0.25, 0.3) is 0 Å². The Labute approximate surface area is 105 Å². The van der Waals surface area contributed by atoms with Crippen LogP contribution in [-0.4, -0.2) is 18.1 Å². The van der Waals surface area contributed by atoms with E-state index in [0.29, 0.717) is 5.92 Å². The van der Waals surface area contributed by atoms with Crippen LogP contribution >= 0.6 is 0 Å². The van der Waals surface area contributed by atoms with Crippen molar-refractivity contribution in [1.82, 2.24) is 4.98 Å². The van der Waals surface area contributed by atoms with Crippen molar-refractivity contribution in [3.05, 3.63) is 23.4 Å². The third-order valence-electron chi connectivity index (χ3n) is 3.87. The molecule has 0 aromatic carbocycles. The van der Waals surface area contributed by atoms with Gasteiger partial charge in [-0.3, -0.25) is 0 Å². The fourth-order valence-corrected chi connectivity index (χ4v) is 2.57. The van der Waals surface area contributed by atoms with E-state index in [9.17, 15) is 0 Å². The number of hydrogen-bond donors (Lipinski definition) is 0. The molecule has 1 aliphatic heterocycles. The third kappa shape index (κ3) is 2.80. The van der Waals surface area contributed by atoms with Gasteiger partial charge in [0, 0.05) is 19.3 Å². The lowest BCUT2D eigenvalue weighted by atomic mass is 9.98. The lowest BCUT2D eigenvalue weighted by Gasteiger charge is -2.31. The van der Waals surface area contributed by atoms with E-state index in [1.807, 2.05) is 0 Å². The van der Waals surface area contributed by atoms with Gasteiger partial charge < -0.3 is 4.90 Å². The van der Waals surface area contributed by atoms with E-state index in [0.717, 1.165) is 19.0 Å². The predicted octanol–water partition coefficient (Wildman–Crippen LogP) is 3.75. The second-order valence-corrected chi connectivity index (χ2v) is 5.72. The average molecular weight is 232 g/mol. The number of aryl methyl sites for hydroxylation is 1. The Kier molecular flexibility index (Phi) is 3.70. The van der Waals surface area contributed by atoms with Crippen LogP contribution in [0.1, 0.15) is 50.7 Å². The maximum atomic E-state index is 4.64. The van der Waals surface area contributed by atoms with Crippen molar-refractivity contribution in [3.8, 4) is 0 Å². The third-order valence-corrected chi connectivity index (χ3v) is 3.87. The van der Waals surface area contributed by atoms with E-state index in [2.05, 4.69) is 49.8 Å². The number of piperidine rings is 1. The topological polar surface area (TPSA) is 16.1 Å². The van der Waals surface area contributed by atoms with E-state index < -0.39 is 0 Å². The highest BCUT2D eigenvalue weighted by atomic mass is 15.2. The Morgan fingerprint density at radius 3 is 2.47 bits per heavy atom. The highest BCUT2D eigenvalue weighted by Crippen LogP contribution is 2.25. The first-order valence-electron chi connectivity index (χ1n) is 6.79. The molecule has 2 nitrogen and oxygen atoms in total. The van der Waals surface area contributed by atoms with Gasteiger partial charge in [-0.1, -0.05) is 20.8 Å². The van der Waals surface area contributed by atoms with Gasteiger partial charge in [-0.2, -0.15) is 0 Å². The molecule has 0 aliphatic carbocycles. The van der Waals surface area contributed by atoms with Gasteiger partial charge in [-0.15, -0.1) is 0 Å². The molecule has 0 spiro atoms. The molecule has 17 heavy (non-hydrogen) atoms. The van der Waals surface area contributed by atoms with Crippen molar-refractivity contribution in [1.29, 1.82) is 0 Å². The Hall–Kier alpha value is -1.05. The summed E-state index contributed by atoms with van der Waals surface area (Å²) in [4.78, 5) is 7.06. The van der Waals surface area contributed by atoms with Crippen molar-refractivity contribution in [2.24, 2.45) is 5.92 Å². The molecular weight excluding hydrogens is 208 g/mol. The molecule has 2 rings (SSSR count). The number of anilines is 1. The molecule has 2 heterocycles. The molecule has 0 atom stereocenters. The number of rotatable bonds is 2. The van der Waals surface area contributed by atoms with Gasteiger partial charge in [0.1, 0.15) is 5.82 Å². The molecule has 1 aromatic heterocycles. The van der Waals surface area contributed by atoms with Crippen molar-refractivity contribution in [3.63, 3.8) is 0 Å².